The van der Waals surface area contributed by atoms with Gasteiger partial charge in [-0.25, -0.2) is 0 Å². The molecule has 2 aromatic rings. The lowest BCUT2D eigenvalue weighted by atomic mass is 9.77. The van der Waals surface area contributed by atoms with E-state index in [2.05, 4.69) is 79.7 Å². The van der Waals surface area contributed by atoms with Crippen molar-refractivity contribution in [2.45, 2.75) is 66.2 Å². The molecule has 137 valence electrons. The number of ether oxygens (including phenoxy) is 1. The highest BCUT2D eigenvalue weighted by Crippen LogP contribution is 2.46. The third kappa shape index (κ3) is 3.18. The Hall–Kier alpha value is -2.09. The highest BCUT2D eigenvalue weighted by molar-refractivity contribution is 6.01. The van der Waals surface area contributed by atoms with Crippen LogP contribution in [-0.2, 0) is 15.6 Å². The molecule has 1 radical (unpaired) electrons. The van der Waals surface area contributed by atoms with Crippen molar-refractivity contribution >= 4 is 5.97 Å². The second-order valence-electron chi connectivity index (χ2n) is 9.46. The minimum Gasteiger partial charge on any atom is -0.425 e. The van der Waals surface area contributed by atoms with E-state index in [0.29, 0.717) is 5.92 Å². The van der Waals surface area contributed by atoms with Crippen molar-refractivity contribution in [3.05, 3.63) is 69.6 Å². The number of benzene rings is 2. The van der Waals surface area contributed by atoms with Gasteiger partial charge in [0.1, 0.15) is 11.7 Å². The molecule has 0 amide bonds. The van der Waals surface area contributed by atoms with Crippen molar-refractivity contribution in [2.75, 3.05) is 0 Å². The molecule has 0 aliphatic carbocycles. The molecule has 3 rings (SSSR count). The summed E-state index contributed by atoms with van der Waals surface area (Å²) in [6.45, 7) is 17.3. The Balaban J connectivity index is 2.26. The number of aryl methyl sites for hydroxylation is 2. The molecule has 1 aliphatic rings. The molecule has 0 unspecified atom stereocenters. The average molecular weight is 349 g/mol. The summed E-state index contributed by atoms with van der Waals surface area (Å²) in [5.74, 6) is 1.16. The SMILES string of the molecule is Cc1ccc([C]2C(=O)Oc3c2cc(C(C)(C)C)cc3C(C)(C)C)cc1C. The fraction of sp³-hybridized carbons (Fsp3) is 0.417. The van der Waals surface area contributed by atoms with E-state index in [1.54, 1.807) is 0 Å². The number of esters is 1. The Labute approximate surface area is 157 Å². The highest BCUT2D eigenvalue weighted by atomic mass is 16.5. The van der Waals surface area contributed by atoms with Crippen LogP contribution >= 0.6 is 0 Å². The van der Waals surface area contributed by atoms with Crippen molar-refractivity contribution < 1.29 is 9.53 Å². The van der Waals surface area contributed by atoms with Gasteiger partial charge in [0.25, 0.3) is 0 Å². The second-order valence-corrected chi connectivity index (χ2v) is 9.46. The molecule has 0 aromatic heterocycles. The summed E-state index contributed by atoms with van der Waals surface area (Å²) in [4.78, 5) is 12.8. The van der Waals surface area contributed by atoms with Crippen LogP contribution in [0.15, 0.2) is 30.3 Å². The first-order chi connectivity index (χ1) is 11.9. The van der Waals surface area contributed by atoms with Crippen molar-refractivity contribution in [1.29, 1.82) is 0 Å². The van der Waals surface area contributed by atoms with Gasteiger partial charge in [-0.2, -0.15) is 0 Å². The Morgan fingerprint density at radius 1 is 0.808 bits per heavy atom. The third-order valence-electron chi connectivity index (χ3n) is 5.23. The molecule has 0 bridgehead atoms. The Morgan fingerprint density at radius 2 is 1.46 bits per heavy atom. The molecule has 0 saturated heterocycles. The third-order valence-corrected chi connectivity index (χ3v) is 5.23. The molecule has 2 heteroatoms. The maximum atomic E-state index is 12.8. The van der Waals surface area contributed by atoms with Crippen LogP contribution in [0.25, 0.3) is 0 Å². The van der Waals surface area contributed by atoms with Gasteiger partial charge in [-0.1, -0.05) is 65.8 Å². The lowest BCUT2D eigenvalue weighted by Crippen LogP contribution is -2.17. The summed E-state index contributed by atoms with van der Waals surface area (Å²) in [5, 5.41) is 0. The lowest BCUT2D eigenvalue weighted by Gasteiger charge is -2.27. The topological polar surface area (TPSA) is 26.3 Å². The normalized spacial score (nSPS) is 15.2. The zero-order chi connectivity index (χ0) is 19.4. The molecule has 1 heterocycles. The van der Waals surface area contributed by atoms with E-state index in [4.69, 9.17) is 4.74 Å². The molecular formula is C24H29O2. The van der Waals surface area contributed by atoms with Crippen LogP contribution in [-0.4, -0.2) is 5.97 Å². The predicted molar refractivity (Wildman–Crippen MR) is 107 cm³/mol. The number of rotatable bonds is 1. The molecular weight excluding hydrogens is 320 g/mol. The summed E-state index contributed by atoms with van der Waals surface area (Å²) in [6, 6.07) is 10.5. The first-order valence-corrected chi connectivity index (χ1v) is 9.26. The van der Waals surface area contributed by atoms with Crippen LogP contribution in [0.3, 0.4) is 0 Å². The van der Waals surface area contributed by atoms with E-state index < -0.39 is 0 Å². The zero-order valence-corrected chi connectivity index (χ0v) is 17.2. The summed E-state index contributed by atoms with van der Waals surface area (Å²) < 4.78 is 5.79. The van der Waals surface area contributed by atoms with Gasteiger partial charge < -0.3 is 4.74 Å². The molecule has 0 fully saturated rings. The molecule has 1 aliphatic heterocycles. The van der Waals surface area contributed by atoms with Gasteiger partial charge in [-0.05, 0) is 53.0 Å². The summed E-state index contributed by atoms with van der Waals surface area (Å²) in [6.07, 6.45) is 0. The van der Waals surface area contributed by atoms with Gasteiger partial charge in [-0.15, -0.1) is 0 Å². The van der Waals surface area contributed by atoms with Gasteiger partial charge in [0.05, 0.1) is 0 Å². The molecule has 2 aromatic carbocycles. The number of hydrogen-bond acceptors (Lipinski definition) is 2. The quantitative estimate of drug-likeness (QED) is 0.481. The van der Waals surface area contributed by atoms with Crippen LogP contribution in [0.1, 0.15) is 74.9 Å². The van der Waals surface area contributed by atoms with Gasteiger partial charge in [0.2, 0.25) is 0 Å². The molecule has 0 N–H and O–H groups in total. The van der Waals surface area contributed by atoms with Crippen LogP contribution < -0.4 is 4.74 Å². The molecule has 0 atom stereocenters. The average Bonchev–Trinajstić information content (AvgIpc) is 2.83. The van der Waals surface area contributed by atoms with Gasteiger partial charge >= 0.3 is 5.97 Å². The van der Waals surface area contributed by atoms with E-state index in [1.807, 2.05) is 6.07 Å². The Kier molecular flexibility index (Phi) is 4.29. The van der Waals surface area contributed by atoms with Gasteiger partial charge in [0.15, 0.2) is 0 Å². The first-order valence-electron chi connectivity index (χ1n) is 9.26. The number of carbonyl (C=O) groups excluding carboxylic acids is 1. The largest absolute Gasteiger partial charge is 0.425 e. The first kappa shape index (κ1) is 18.7. The minimum absolute atomic E-state index is 0.00499. The number of hydrogen-bond donors (Lipinski definition) is 0. The fourth-order valence-electron chi connectivity index (χ4n) is 3.34. The lowest BCUT2D eigenvalue weighted by molar-refractivity contribution is -0.130. The Bertz CT molecular complexity index is 876. The minimum atomic E-state index is -0.250. The van der Waals surface area contributed by atoms with E-state index in [0.717, 1.165) is 22.4 Å². The van der Waals surface area contributed by atoms with Crippen LogP contribution in [0.4, 0.5) is 0 Å². The second kappa shape index (κ2) is 5.97. The summed E-state index contributed by atoms with van der Waals surface area (Å²) in [7, 11) is 0. The highest BCUT2D eigenvalue weighted by Gasteiger charge is 2.40. The molecule has 0 spiro atoms. The van der Waals surface area contributed by atoms with E-state index in [9.17, 15) is 4.79 Å². The van der Waals surface area contributed by atoms with Crippen LogP contribution in [0, 0.1) is 19.8 Å². The standard InChI is InChI=1S/C24H29O2/c1-14-9-10-16(11-15(14)2)20-18-12-17(23(3,4)5)13-19(24(6,7)8)21(18)26-22(20)25/h9-13H,1-8H3. The molecule has 26 heavy (non-hydrogen) atoms. The van der Waals surface area contributed by atoms with Crippen molar-refractivity contribution in [2.24, 2.45) is 0 Å². The summed E-state index contributed by atoms with van der Waals surface area (Å²) in [5.41, 5.74) is 6.46. The Morgan fingerprint density at radius 3 is 2.00 bits per heavy atom. The van der Waals surface area contributed by atoms with E-state index >= 15 is 0 Å². The molecule has 0 saturated carbocycles. The van der Waals surface area contributed by atoms with Crippen LogP contribution in [0.2, 0.25) is 0 Å². The van der Waals surface area contributed by atoms with Gasteiger partial charge in [0, 0.05) is 11.1 Å². The van der Waals surface area contributed by atoms with Crippen molar-refractivity contribution in [1.82, 2.24) is 0 Å². The summed E-state index contributed by atoms with van der Waals surface area (Å²) >= 11 is 0. The van der Waals surface area contributed by atoms with Crippen molar-refractivity contribution in [3.63, 3.8) is 0 Å². The monoisotopic (exact) mass is 349 g/mol. The van der Waals surface area contributed by atoms with Crippen molar-refractivity contribution in [3.8, 4) is 5.75 Å². The van der Waals surface area contributed by atoms with Crippen LogP contribution in [0.5, 0.6) is 5.75 Å². The molecule has 2 nitrogen and oxygen atoms in total. The van der Waals surface area contributed by atoms with E-state index in [1.165, 1.54) is 16.7 Å². The fourth-order valence-corrected chi connectivity index (χ4v) is 3.34. The predicted octanol–water partition coefficient (Wildman–Crippen LogP) is 5.79. The number of fused-ring (bicyclic) bond motifs is 1. The zero-order valence-electron chi connectivity index (χ0n) is 17.2. The maximum absolute atomic E-state index is 12.8. The number of carbonyl (C=O) groups is 1. The van der Waals surface area contributed by atoms with E-state index in [-0.39, 0.29) is 16.8 Å². The van der Waals surface area contributed by atoms with Gasteiger partial charge in [-0.3, -0.25) is 4.79 Å². The maximum Gasteiger partial charge on any atom is 0.328 e. The smallest absolute Gasteiger partial charge is 0.328 e.